The normalized spacial score (nSPS) is 18.9. The maximum Gasteiger partial charge on any atom is 0.325 e. The van der Waals surface area contributed by atoms with Crippen LogP contribution in [0.4, 0.5) is 4.79 Å². The fourth-order valence-corrected chi connectivity index (χ4v) is 3.48. The van der Waals surface area contributed by atoms with Crippen molar-refractivity contribution >= 4 is 17.8 Å². The van der Waals surface area contributed by atoms with E-state index in [2.05, 4.69) is 10.6 Å². The first kappa shape index (κ1) is 19.6. The molecule has 4 amide bonds. The third-order valence-electron chi connectivity index (χ3n) is 4.98. The Labute approximate surface area is 164 Å². The molecule has 1 heterocycles. The highest BCUT2D eigenvalue weighted by atomic mass is 16.2. The number of imide groups is 1. The predicted molar refractivity (Wildman–Crippen MR) is 106 cm³/mol. The van der Waals surface area contributed by atoms with E-state index in [-0.39, 0.29) is 18.4 Å². The standard InChI is InChI=1S/C22H25N3O3/c1-3-13-22(18-7-5-4-6-8-18)20(27)25(21(28)24-22)15-19(26)23-14-17-11-9-16(2)10-12-17/h4-12H,3,13-15H2,1-2H3,(H,23,26)(H,24,28)/t22-/m1/s1. The molecular formula is C22H25N3O3. The molecule has 0 bridgehead atoms. The summed E-state index contributed by atoms with van der Waals surface area (Å²) in [6.07, 6.45) is 1.19. The summed E-state index contributed by atoms with van der Waals surface area (Å²) in [4.78, 5) is 39.0. The smallest absolute Gasteiger partial charge is 0.325 e. The fourth-order valence-electron chi connectivity index (χ4n) is 3.48. The second-order valence-electron chi connectivity index (χ2n) is 7.11. The van der Waals surface area contributed by atoms with Gasteiger partial charge in [0.1, 0.15) is 12.1 Å². The molecule has 2 aromatic rings. The molecule has 1 aliphatic rings. The highest BCUT2D eigenvalue weighted by Crippen LogP contribution is 2.33. The molecule has 1 aliphatic heterocycles. The summed E-state index contributed by atoms with van der Waals surface area (Å²) < 4.78 is 0. The van der Waals surface area contributed by atoms with Gasteiger partial charge in [0.05, 0.1) is 0 Å². The first-order chi connectivity index (χ1) is 13.5. The molecule has 146 valence electrons. The lowest BCUT2D eigenvalue weighted by atomic mass is 9.85. The minimum Gasteiger partial charge on any atom is -0.350 e. The van der Waals surface area contributed by atoms with Crippen LogP contribution in [0.5, 0.6) is 0 Å². The number of nitrogens with one attached hydrogen (secondary N) is 2. The number of hydrogen-bond donors (Lipinski definition) is 2. The summed E-state index contributed by atoms with van der Waals surface area (Å²) in [5, 5.41) is 5.60. The van der Waals surface area contributed by atoms with Crippen molar-refractivity contribution < 1.29 is 14.4 Å². The predicted octanol–water partition coefficient (Wildman–Crippen LogP) is 2.86. The van der Waals surface area contributed by atoms with Crippen LogP contribution >= 0.6 is 0 Å². The number of aryl methyl sites for hydroxylation is 1. The van der Waals surface area contributed by atoms with Crippen molar-refractivity contribution in [3.63, 3.8) is 0 Å². The lowest BCUT2D eigenvalue weighted by Crippen LogP contribution is -2.45. The van der Waals surface area contributed by atoms with E-state index in [0.717, 1.165) is 21.6 Å². The summed E-state index contributed by atoms with van der Waals surface area (Å²) in [7, 11) is 0. The van der Waals surface area contributed by atoms with Gasteiger partial charge in [0.2, 0.25) is 5.91 Å². The zero-order chi connectivity index (χ0) is 20.1. The number of amides is 4. The molecule has 0 unspecified atom stereocenters. The van der Waals surface area contributed by atoms with Crippen molar-refractivity contribution in [2.24, 2.45) is 0 Å². The van der Waals surface area contributed by atoms with Crippen LogP contribution in [0.2, 0.25) is 0 Å². The van der Waals surface area contributed by atoms with Crippen molar-refractivity contribution in [3.8, 4) is 0 Å². The van der Waals surface area contributed by atoms with Gasteiger partial charge < -0.3 is 10.6 Å². The quantitative estimate of drug-likeness (QED) is 0.726. The number of nitrogens with zero attached hydrogens (tertiary/aromatic N) is 1. The molecule has 0 aromatic heterocycles. The Kier molecular flexibility index (Phi) is 5.78. The van der Waals surface area contributed by atoms with Crippen molar-refractivity contribution in [2.45, 2.75) is 38.8 Å². The van der Waals surface area contributed by atoms with Gasteiger partial charge in [-0.15, -0.1) is 0 Å². The summed E-state index contributed by atoms with van der Waals surface area (Å²) >= 11 is 0. The molecule has 0 radical (unpaired) electrons. The maximum atomic E-state index is 13.1. The zero-order valence-corrected chi connectivity index (χ0v) is 16.2. The number of hydrogen-bond acceptors (Lipinski definition) is 3. The zero-order valence-electron chi connectivity index (χ0n) is 16.2. The Bertz CT molecular complexity index is 864. The molecule has 2 N–H and O–H groups in total. The molecule has 1 fully saturated rings. The number of carbonyl (C=O) groups is 3. The lowest BCUT2D eigenvalue weighted by Gasteiger charge is -2.26. The van der Waals surface area contributed by atoms with E-state index < -0.39 is 11.6 Å². The Morgan fingerprint density at radius 2 is 1.75 bits per heavy atom. The Morgan fingerprint density at radius 3 is 2.39 bits per heavy atom. The number of benzene rings is 2. The van der Waals surface area contributed by atoms with E-state index in [1.165, 1.54) is 0 Å². The molecule has 0 spiro atoms. The van der Waals surface area contributed by atoms with Crippen LogP contribution in [0.15, 0.2) is 54.6 Å². The van der Waals surface area contributed by atoms with Gasteiger partial charge in [-0.2, -0.15) is 0 Å². The highest BCUT2D eigenvalue weighted by Gasteiger charge is 2.52. The van der Waals surface area contributed by atoms with E-state index in [0.29, 0.717) is 19.4 Å². The number of carbonyl (C=O) groups excluding carboxylic acids is 3. The molecule has 3 rings (SSSR count). The topological polar surface area (TPSA) is 78.5 Å². The van der Waals surface area contributed by atoms with Crippen LogP contribution in [0.3, 0.4) is 0 Å². The van der Waals surface area contributed by atoms with E-state index in [4.69, 9.17) is 0 Å². The van der Waals surface area contributed by atoms with Gasteiger partial charge in [0.25, 0.3) is 5.91 Å². The fraction of sp³-hybridized carbons (Fsp3) is 0.318. The Balaban J connectivity index is 1.70. The molecule has 1 saturated heterocycles. The summed E-state index contributed by atoms with van der Waals surface area (Å²) in [6, 6.07) is 16.5. The van der Waals surface area contributed by atoms with Crippen LogP contribution < -0.4 is 10.6 Å². The minimum atomic E-state index is -1.11. The van der Waals surface area contributed by atoms with Crippen molar-refractivity contribution in [3.05, 3.63) is 71.3 Å². The third kappa shape index (κ3) is 3.91. The molecule has 1 atom stereocenters. The van der Waals surface area contributed by atoms with Crippen LogP contribution in [0.25, 0.3) is 0 Å². The third-order valence-corrected chi connectivity index (χ3v) is 4.98. The van der Waals surface area contributed by atoms with E-state index in [1.54, 1.807) is 0 Å². The minimum absolute atomic E-state index is 0.297. The van der Waals surface area contributed by atoms with Gasteiger partial charge in [-0.25, -0.2) is 4.79 Å². The lowest BCUT2D eigenvalue weighted by molar-refractivity contribution is -0.135. The SMILES string of the molecule is CCC[C@]1(c2ccccc2)NC(=O)N(CC(=O)NCc2ccc(C)cc2)C1=O. The molecule has 0 aliphatic carbocycles. The average Bonchev–Trinajstić information content (AvgIpc) is 2.93. The average molecular weight is 379 g/mol. The largest absolute Gasteiger partial charge is 0.350 e. The van der Waals surface area contributed by atoms with Crippen molar-refractivity contribution in [1.82, 2.24) is 15.5 Å². The van der Waals surface area contributed by atoms with Gasteiger partial charge in [-0.1, -0.05) is 73.5 Å². The number of rotatable bonds is 7. The Hall–Kier alpha value is -3.15. The molecule has 6 heteroatoms. The molecule has 6 nitrogen and oxygen atoms in total. The Morgan fingerprint density at radius 1 is 1.07 bits per heavy atom. The van der Waals surface area contributed by atoms with Gasteiger partial charge >= 0.3 is 6.03 Å². The summed E-state index contributed by atoms with van der Waals surface area (Å²) in [6.45, 7) is 4.01. The molecule has 0 saturated carbocycles. The van der Waals surface area contributed by atoms with Crippen LogP contribution in [0.1, 0.15) is 36.5 Å². The van der Waals surface area contributed by atoms with E-state index in [9.17, 15) is 14.4 Å². The van der Waals surface area contributed by atoms with E-state index in [1.807, 2.05) is 68.4 Å². The van der Waals surface area contributed by atoms with E-state index >= 15 is 0 Å². The van der Waals surface area contributed by atoms with Gasteiger partial charge in [-0.3, -0.25) is 14.5 Å². The monoisotopic (exact) mass is 379 g/mol. The van der Waals surface area contributed by atoms with Crippen molar-refractivity contribution in [2.75, 3.05) is 6.54 Å². The maximum absolute atomic E-state index is 13.1. The van der Waals surface area contributed by atoms with Crippen molar-refractivity contribution in [1.29, 1.82) is 0 Å². The highest BCUT2D eigenvalue weighted by molar-refractivity contribution is 6.09. The van der Waals surface area contributed by atoms with Gasteiger partial charge in [-0.05, 0) is 24.5 Å². The second-order valence-corrected chi connectivity index (χ2v) is 7.11. The summed E-state index contributed by atoms with van der Waals surface area (Å²) in [5.41, 5.74) is 1.73. The van der Waals surface area contributed by atoms with Gasteiger partial charge in [0.15, 0.2) is 0 Å². The summed E-state index contributed by atoms with van der Waals surface area (Å²) in [5.74, 6) is -0.750. The first-order valence-corrected chi connectivity index (χ1v) is 9.48. The first-order valence-electron chi connectivity index (χ1n) is 9.48. The van der Waals surface area contributed by atoms with Crippen LogP contribution in [0, 0.1) is 6.92 Å². The van der Waals surface area contributed by atoms with Crippen LogP contribution in [-0.2, 0) is 21.7 Å². The molecular weight excluding hydrogens is 354 g/mol. The van der Waals surface area contributed by atoms with Gasteiger partial charge in [0, 0.05) is 6.54 Å². The number of urea groups is 1. The molecule has 28 heavy (non-hydrogen) atoms. The van der Waals surface area contributed by atoms with Crippen LogP contribution in [-0.4, -0.2) is 29.3 Å². The second kappa shape index (κ2) is 8.25. The molecule has 2 aromatic carbocycles.